The van der Waals surface area contributed by atoms with Gasteiger partial charge in [-0.3, -0.25) is 0 Å². The second-order valence-electron chi connectivity index (χ2n) is 3.86. The average Bonchev–Trinajstić information content (AvgIpc) is 2.75. The predicted octanol–water partition coefficient (Wildman–Crippen LogP) is 2.22. The summed E-state index contributed by atoms with van der Waals surface area (Å²) in [6, 6.07) is 3.49. The fourth-order valence-electron chi connectivity index (χ4n) is 1.74. The Hall–Kier alpha value is -2.37. The molecule has 0 aliphatic heterocycles. The summed E-state index contributed by atoms with van der Waals surface area (Å²) in [5.74, 6) is -0.607. The number of halogens is 2. The predicted molar refractivity (Wildman–Crippen MR) is 60.8 cm³/mol. The first-order valence-electron chi connectivity index (χ1n) is 5.31. The zero-order valence-electron chi connectivity index (χ0n) is 9.19. The highest BCUT2D eigenvalue weighted by Gasteiger charge is 2.08. The summed E-state index contributed by atoms with van der Waals surface area (Å²) in [7, 11) is 0. The molecule has 2 heterocycles. The van der Waals surface area contributed by atoms with Crippen molar-refractivity contribution < 1.29 is 8.78 Å². The Morgan fingerprint density at radius 2 is 2.11 bits per heavy atom. The zero-order chi connectivity index (χ0) is 12.5. The summed E-state index contributed by atoms with van der Waals surface area (Å²) in [6.07, 6.45) is 3.24. The second-order valence-corrected chi connectivity index (χ2v) is 3.86. The van der Waals surface area contributed by atoms with Crippen molar-refractivity contribution >= 4 is 11.2 Å². The lowest BCUT2D eigenvalue weighted by Gasteiger charge is -2.00. The molecule has 4 nitrogen and oxygen atoms in total. The number of nitrogens with one attached hydrogen (secondary N) is 1. The minimum Gasteiger partial charge on any atom is -0.339 e. The van der Waals surface area contributed by atoms with Gasteiger partial charge in [-0.15, -0.1) is 0 Å². The molecule has 0 saturated carbocycles. The van der Waals surface area contributed by atoms with Crippen LogP contribution in [-0.2, 0) is 6.42 Å². The number of aromatic amines is 1. The van der Waals surface area contributed by atoms with E-state index in [2.05, 4.69) is 19.9 Å². The minimum absolute atomic E-state index is 0.252. The summed E-state index contributed by atoms with van der Waals surface area (Å²) < 4.78 is 26.3. The van der Waals surface area contributed by atoms with E-state index >= 15 is 0 Å². The lowest BCUT2D eigenvalue weighted by molar-refractivity contribution is 0.574. The lowest BCUT2D eigenvalue weighted by atomic mass is 10.1. The van der Waals surface area contributed by atoms with Crippen LogP contribution in [0, 0.1) is 11.6 Å². The van der Waals surface area contributed by atoms with Crippen molar-refractivity contribution in [3.63, 3.8) is 0 Å². The minimum atomic E-state index is -0.591. The highest BCUT2D eigenvalue weighted by molar-refractivity contribution is 5.68. The van der Waals surface area contributed by atoms with Crippen molar-refractivity contribution in [2.75, 3.05) is 0 Å². The van der Waals surface area contributed by atoms with Crippen LogP contribution in [0.4, 0.5) is 8.78 Å². The number of hydrogen-bond donors (Lipinski definition) is 1. The lowest BCUT2D eigenvalue weighted by Crippen LogP contribution is -1.95. The molecule has 90 valence electrons. The van der Waals surface area contributed by atoms with Gasteiger partial charge in [-0.05, 0) is 11.6 Å². The van der Waals surface area contributed by atoms with Gasteiger partial charge in [0.25, 0.3) is 0 Å². The van der Waals surface area contributed by atoms with Crippen LogP contribution < -0.4 is 0 Å². The number of aromatic nitrogens is 4. The van der Waals surface area contributed by atoms with Crippen LogP contribution >= 0.6 is 0 Å². The maximum atomic E-state index is 13.5. The van der Waals surface area contributed by atoms with Crippen LogP contribution in [0.2, 0.25) is 0 Å². The maximum Gasteiger partial charge on any atom is 0.180 e. The van der Waals surface area contributed by atoms with Crippen LogP contribution in [-0.4, -0.2) is 19.9 Å². The third-order valence-electron chi connectivity index (χ3n) is 2.58. The molecule has 3 rings (SSSR count). The fourth-order valence-corrected chi connectivity index (χ4v) is 1.74. The molecule has 0 aliphatic carbocycles. The summed E-state index contributed by atoms with van der Waals surface area (Å²) in [6.45, 7) is 0. The van der Waals surface area contributed by atoms with E-state index in [4.69, 9.17) is 0 Å². The van der Waals surface area contributed by atoms with Gasteiger partial charge in [0.2, 0.25) is 0 Å². The van der Waals surface area contributed by atoms with Crippen molar-refractivity contribution in [3.05, 3.63) is 53.7 Å². The molecule has 0 bridgehead atoms. The Morgan fingerprint density at radius 1 is 1.22 bits per heavy atom. The van der Waals surface area contributed by atoms with E-state index in [0.717, 1.165) is 6.07 Å². The maximum absolute atomic E-state index is 13.5. The van der Waals surface area contributed by atoms with E-state index in [1.54, 1.807) is 6.20 Å². The molecule has 18 heavy (non-hydrogen) atoms. The van der Waals surface area contributed by atoms with Crippen LogP contribution in [0.15, 0.2) is 30.7 Å². The summed E-state index contributed by atoms with van der Waals surface area (Å²) in [4.78, 5) is 15.0. The second kappa shape index (κ2) is 4.14. The van der Waals surface area contributed by atoms with Gasteiger partial charge in [0, 0.05) is 12.5 Å². The van der Waals surface area contributed by atoms with Crippen molar-refractivity contribution in [3.8, 4) is 0 Å². The molecular weight excluding hydrogens is 238 g/mol. The van der Waals surface area contributed by atoms with E-state index in [-0.39, 0.29) is 6.42 Å². The molecule has 1 aromatic carbocycles. The number of rotatable bonds is 2. The normalized spacial score (nSPS) is 11.0. The molecule has 0 atom stereocenters. The van der Waals surface area contributed by atoms with Gasteiger partial charge in [-0.1, -0.05) is 6.07 Å². The number of fused-ring (bicyclic) bond motifs is 1. The molecule has 0 fully saturated rings. The topological polar surface area (TPSA) is 54.5 Å². The zero-order valence-corrected chi connectivity index (χ0v) is 9.19. The molecule has 2 aromatic heterocycles. The SMILES string of the molecule is Fc1ccc(Cc2nc3ncncc3[nH]2)c(F)c1. The van der Waals surface area contributed by atoms with Crippen LogP contribution in [0.3, 0.4) is 0 Å². The number of nitrogens with zero attached hydrogens (tertiary/aromatic N) is 3. The first-order valence-corrected chi connectivity index (χ1v) is 5.31. The van der Waals surface area contributed by atoms with Crippen molar-refractivity contribution in [2.45, 2.75) is 6.42 Å². The Morgan fingerprint density at radius 3 is 2.89 bits per heavy atom. The van der Waals surface area contributed by atoms with Crippen LogP contribution in [0.25, 0.3) is 11.2 Å². The van der Waals surface area contributed by atoms with Crippen molar-refractivity contribution in [2.24, 2.45) is 0 Å². The molecular formula is C12H8F2N4. The summed E-state index contributed by atoms with van der Waals surface area (Å²) >= 11 is 0. The molecule has 6 heteroatoms. The Labute approximate surface area is 101 Å². The Kier molecular flexibility index (Phi) is 2.47. The average molecular weight is 246 g/mol. The summed E-state index contributed by atoms with van der Waals surface area (Å²) in [5.41, 5.74) is 1.60. The molecule has 0 amide bonds. The Balaban J connectivity index is 1.96. The molecule has 3 aromatic rings. The van der Waals surface area contributed by atoms with Gasteiger partial charge in [0.05, 0.1) is 6.20 Å². The van der Waals surface area contributed by atoms with Crippen molar-refractivity contribution in [1.29, 1.82) is 0 Å². The first kappa shape index (κ1) is 10.8. The smallest absolute Gasteiger partial charge is 0.180 e. The van der Waals surface area contributed by atoms with Gasteiger partial charge in [-0.25, -0.2) is 23.7 Å². The number of imidazole rings is 1. The standard InChI is InChI=1S/C12H8F2N4/c13-8-2-1-7(9(14)4-8)3-11-17-10-5-15-6-16-12(10)18-11/h1-2,4-6H,3H2,(H,15,16,17,18). The molecule has 0 unspecified atom stereocenters. The quantitative estimate of drug-likeness (QED) is 0.754. The third kappa shape index (κ3) is 1.92. The molecule has 0 spiro atoms. The fraction of sp³-hybridized carbons (Fsp3) is 0.0833. The van der Waals surface area contributed by atoms with Gasteiger partial charge < -0.3 is 4.98 Å². The largest absolute Gasteiger partial charge is 0.339 e. The molecule has 0 aliphatic rings. The monoisotopic (exact) mass is 246 g/mol. The Bertz CT molecular complexity index is 675. The van der Waals surface area contributed by atoms with Gasteiger partial charge in [0.1, 0.15) is 29.3 Å². The van der Waals surface area contributed by atoms with Gasteiger partial charge in [-0.2, -0.15) is 0 Å². The summed E-state index contributed by atoms with van der Waals surface area (Å²) in [5, 5.41) is 0. The highest BCUT2D eigenvalue weighted by Crippen LogP contribution is 2.14. The molecule has 0 radical (unpaired) electrons. The van der Waals surface area contributed by atoms with Gasteiger partial charge in [0.15, 0.2) is 5.65 Å². The first-order chi connectivity index (χ1) is 8.72. The molecule has 0 saturated heterocycles. The van der Waals surface area contributed by atoms with E-state index in [0.29, 0.717) is 22.6 Å². The van der Waals surface area contributed by atoms with Crippen LogP contribution in [0.1, 0.15) is 11.4 Å². The number of benzene rings is 1. The van der Waals surface area contributed by atoms with E-state index < -0.39 is 11.6 Å². The van der Waals surface area contributed by atoms with Gasteiger partial charge >= 0.3 is 0 Å². The number of hydrogen-bond acceptors (Lipinski definition) is 3. The van der Waals surface area contributed by atoms with Crippen LogP contribution in [0.5, 0.6) is 0 Å². The van der Waals surface area contributed by atoms with E-state index in [1.165, 1.54) is 18.5 Å². The van der Waals surface area contributed by atoms with E-state index in [9.17, 15) is 8.78 Å². The highest BCUT2D eigenvalue weighted by atomic mass is 19.1. The van der Waals surface area contributed by atoms with E-state index in [1.807, 2.05) is 0 Å². The third-order valence-corrected chi connectivity index (χ3v) is 2.58. The van der Waals surface area contributed by atoms with Crippen molar-refractivity contribution in [1.82, 2.24) is 19.9 Å². The molecule has 1 N–H and O–H groups in total. The number of H-pyrrole nitrogens is 1.